The summed E-state index contributed by atoms with van der Waals surface area (Å²) in [7, 11) is 0. The third-order valence-corrected chi connectivity index (χ3v) is 6.35. The summed E-state index contributed by atoms with van der Waals surface area (Å²) in [5.41, 5.74) is 0.136. The predicted molar refractivity (Wildman–Crippen MR) is 66.0 cm³/mol. The molecule has 3 saturated carbocycles. The van der Waals surface area contributed by atoms with E-state index in [1.165, 1.54) is 19.3 Å². The van der Waals surface area contributed by atoms with Crippen LogP contribution in [-0.2, 0) is 0 Å². The van der Waals surface area contributed by atoms with Gasteiger partial charge in [0.25, 0.3) is 0 Å². The van der Waals surface area contributed by atoms with Crippen LogP contribution >= 0.6 is 0 Å². The molecule has 1 heteroatoms. The Morgan fingerprint density at radius 3 is 2.38 bits per heavy atom. The van der Waals surface area contributed by atoms with E-state index in [2.05, 4.69) is 27.7 Å². The van der Waals surface area contributed by atoms with Crippen LogP contribution in [0.5, 0.6) is 0 Å². The highest BCUT2D eigenvalue weighted by atomic mass is 16.3. The van der Waals surface area contributed by atoms with Crippen molar-refractivity contribution in [1.29, 1.82) is 0 Å². The molecule has 0 spiro atoms. The van der Waals surface area contributed by atoms with Gasteiger partial charge in [-0.2, -0.15) is 0 Å². The fourth-order valence-corrected chi connectivity index (χ4v) is 5.27. The molecule has 1 nitrogen and oxygen atoms in total. The van der Waals surface area contributed by atoms with Gasteiger partial charge in [0.15, 0.2) is 0 Å². The lowest BCUT2D eigenvalue weighted by Crippen LogP contribution is -2.36. The second-order valence-corrected chi connectivity index (χ2v) is 7.59. The van der Waals surface area contributed by atoms with Gasteiger partial charge in [0.2, 0.25) is 0 Å². The topological polar surface area (TPSA) is 20.2 Å². The lowest BCUT2D eigenvalue weighted by molar-refractivity contribution is -0.0108. The molecule has 1 N–H and O–H groups in total. The van der Waals surface area contributed by atoms with E-state index in [0.717, 1.165) is 30.1 Å². The minimum absolute atomic E-state index is 0.375. The number of hydrogen-bond donors (Lipinski definition) is 1. The summed E-state index contributed by atoms with van der Waals surface area (Å²) < 4.78 is 0. The van der Waals surface area contributed by atoms with Crippen LogP contribution in [0.4, 0.5) is 0 Å². The van der Waals surface area contributed by atoms with Crippen molar-refractivity contribution in [2.75, 3.05) is 0 Å². The van der Waals surface area contributed by atoms with Crippen molar-refractivity contribution in [1.82, 2.24) is 0 Å². The summed E-state index contributed by atoms with van der Waals surface area (Å²) in [4.78, 5) is 0. The van der Waals surface area contributed by atoms with Crippen molar-refractivity contribution in [3.63, 3.8) is 0 Å². The molecule has 3 aliphatic rings. The van der Waals surface area contributed by atoms with Crippen LogP contribution in [-0.4, -0.2) is 10.7 Å². The lowest BCUT2D eigenvalue weighted by atomic mass is 9.75. The number of rotatable bonds is 0. The minimum Gasteiger partial charge on any atom is -0.390 e. The normalized spacial score (nSPS) is 58.7. The summed E-state index contributed by atoms with van der Waals surface area (Å²) in [5, 5.41) is 10.7. The highest BCUT2D eigenvalue weighted by molar-refractivity contribution is 5.15. The molecule has 0 radical (unpaired) electrons. The standard InChI is InChI=1S/C15H26O/c1-9-5-6-11-13(14(11,2)3)12-10(9)7-8-15(12,4)16/h9-13,16H,5-8H2,1-4H3/t9-,10-,11-,12-,13-,15+/m0/s1. The van der Waals surface area contributed by atoms with Gasteiger partial charge in [-0.3, -0.25) is 0 Å². The molecule has 0 aromatic rings. The van der Waals surface area contributed by atoms with Crippen molar-refractivity contribution in [2.45, 2.75) is 59.0 Å². The maximum Gasteiger partial charge on any atom is 0.0653 e. The van der Waals surface area contributed by atoms with Crippen molar-refractivity contribution < 1.29 is 5.11 Å². The van der Waals surface area contributed by atoms with Gasteiger partial charge in [0, 0.05) is 0 Å². The smallest absolute Gasteiger partial charge is 0.0653 e. The molecule has 6 atom stereocenters. The first-order valence-corrected chi connectivity index (χ1v) is 7.08. The maximum atomic E-state index is 10.7. The van der Waals surface area contributed by atoms with Crippen LogP contribution in [0, 0.1) is 35.0 Å². The predicted octanol–water partition coefficient (Wildman–Crippen LogP) is 3.47. The highest BCUT2D eigenvalue weighted by Gasteiger charge is 2.67. The van der Waals surface area contributed by atoms with Crippen molar-refractivity contribution in [3.8, 4) is 0 Å². The molecule has 0 amide bonds. The Labute approximate surface area is 99.6 Å². The van der Waals surface area contributed by atoms with Crippen molar-refractivity contribution in [3.05, 3.63) is 0 Å². The lowest BCUT2D eigenvalue weighted by Gasteiger charge is -2.33. The largest absolute Gasteiger partial charge is 0.390 e. The van der Waals surface area contributed by atoms with Gasteiger partial charge in [0.1, 0.15) is 0 Å². The summed E-state index contributed by atoms with van der Waals surface area (Å²) in [5.74, 6) is 3.92. The van der Waals surface area contributed by atoms with E-state index in [1.54, 1.807) is 0 Å². The fourth-order valence-electron chi connectivity index (χ4n) is 5.27. The first-order valence-electron chi connectivity index (χ1n) is 7.08. The minimum atomic E-state index is -0.375. The average Bonchev–Trinajstić information content (AvgIpc) is 2.61. The molecule has 0 saturated heterocycles. The molecule has 3 fully saturated rings. The Morgan fingerprint density at radius 2 is 1.69 bits per heavy atom. The third-order valence-electron chi connectivity index (χ3n) is 6.35. The molecule has 0 aromatic carbocycles. The van der Waals surface area contributed by atoms with Crippen LogP contribution in [0.25, 0.3) is 0 Å². The first-order chi connectivity index (χ1) is 7.36. The molecular weight excluding hydrogens is 196 g/mol. The van der Waals surface area contributed by atoms with Gasteiger partial charge in [-0.05, 0) is 61.2 Å². The maximum absolute atomic E-state index is 10.7. The average molecular weight is 222 g/mol. The molecule has 0 unspecified atom stereocenters. The quantitative estimate of drug-likeness (QED) is 0.665. The van der Waals surface area contributed by atoms with E-state index in [0.29, 0.717) is 11.3 Å². The Morgan fingerprint density at radius 1 is 1.00 bits per heavy atom. The van der Waals surface area contributed by atoms with Crippen molar-refractivity contribution >= 4 is 0 Å². The van der Waals surface area contributed by atoms with Crippen LogP contribution < -0.4 is 0 Å². The SMILES string of the molecule is C[C@H]1CC[C@H]2[C@@H]([C@@H]3[C@H]1CC[C@@]3(C)O)C2(C)C. The summed E-state index contributed by atoms with van der Waals surface area (Å²) >= 11 is 0. The Balaban J connectivity index is 1.95. The van der Waals surface area contributed by atoms with Gasteiger partial charge in [-0.25, -0.2) is 0 Å². The summed E-state index contributed by atoms with van der Waals surface area (Å²) in [6, 6.07) is 0. The molecule has 16 heavy (non-hydrogen) atoms. The number of hydrogen-bond acceptors (Lipinski definition) is 1. The molecular formula is C15H26O. The molecule has 3 rings (SSSR count). The number of aliphatic hydroxyl groups is 1. The summed E-state index contributed by atoms with van der Waals surface area (Å²) in [6.45, 7) is 9.35. The molecule has 0 heterocycles. The molecule has 0 aromatic heterocycles. The second-order valence-electron chi connectivity index (χ2n) is 7.59. The molecule has 0 bridgehead atoms. The Hall–Kier alpha value is -0.0400. The van der Waals surface area contributed by atoms with Gasteiger partial charge in [-0.1, -0.05) is 27.2 Å². The van der Waals surface area contributed by atoms with Crippen LogP contribution in [0.15, 0.2) is 0 Å². The molecule has 92 valence electrons. The van der Waals surface area contributed by atoms with E-state index in [9.17, 15) is 5.11 Å². The highest BCUT2D eigenvalue weighted by Crippen LogP contribution is 2.71. The zero-order valence-corrected chi connectivity index (χ0v) is 11.2. The van der Waals surface area contributed by atoms with Gasteiger partial charge in [0.05, 0.1) is 5.60 Å². The first kappa shape index (κ1) is 11.1. The van der Waals surface area contributed by atoms with Gasteiger partial charge < -0.3 is 5.11 Å². The fraction of sp³-hybridized carbons (Fsp3) is 1.00. The Kier molecular flexibility index (Phi) is 2.11. The summed E-state index contributed by atoms with van der Waals surface area (Å²) in [6.07, 6.45) is 5.09. The molecule has 3 aliphatic carbocycles. The van der Waals surface area contributed by atoms with Crippen LogP contribution in [0.1, 0.15) is 53.4 Å². The zero-order chi connectivity index (χ0) is 11.7. The Bertz CT molecular complexity index is 305. The third kappa shape index (κ3) is 1.27. The van der Waals surface area contributed by atoms with E-state index < -0.39 is 0 Å². The van der Waals surface area contributed by atoms with Gasteiger partial charge >= 0.3 is 0 Å². The zero-order valence-electron chi connectivity index (χ0n) is 11.2. The second kappa shape index (κ2) is 3.04. The van der Waals surface area contributed by atoms with Crippen LogP contribution in [0.2, 0.25) is 0 Å². The van der Waals surface area contributed by atoms with Crippen molar-refractivity contribution in [2.24, 2.45) is 35.0 Å². The van der Waals surface area contributed by atoms with E-state index >= 15 is 0 Å². The molecule has 0 aliphatic heterocycles. The van der Waals surface area contributed by atoms with E-state index in [-0.39, 0.29) is 5.60 Å². The monoisotopic (exact) mass is 222 g/mol. The van der Waals surface area contributed by atoms with E-state index in [4.69, 9.17) is 0 Å². The van der Waals surface area contributed by atoms with Gasteiger partial charge in [-0.15, -0.1) is 0 Å². The van der Waals surface area contributed by atoms with Crippen LogP contribution in [0.3, 0.4) is 0 Å². The number of fused-ring (bicyclic) bond motifs is 3. The van der Waals surface area contributed by atoms with E-state index in [1.807, 2.05) is 0 Å².